The summed E-state index contributed by atoms with van der Waals surface area (Å²) in [6, 6.07) is 4.89. The summed E-state index contributed by atoms with van der Waals surface area (Å²) in [6.45, 7) is 1.70. The number of rotatable bonds is 2. The number of aryl methyl sites for hydroxylation is 1. The van der Waals surface area contributed by atoms with E-state index in [2.05, 4.69) is 4.94 Å². The van der Waals surface area contributed by atoms with E-state index in [1.165, 1.54) is 12.1 Å². The van der Waals surface area contributed by atoms with Gasteiger partial charge in [0.25, 0.3) is 0 Å². The van der Waals surface area contributed by atoms with Crippen molar-refractivity contribution in [3.8, 4) is 0 Å². The monoisotopic (exact) mass is 204 g/mol. The molecule has 0 aliphatic heterocycles. The van der Waals surface area contributed by atoms with Crippen LogP contribution < -0.4 is 0 Å². The molecule has 5 heteroatoms. The predicted octanol–water partition coefficient (Wildman–Crippen LogP) is 2.51. The van der Waals surface area contributed by atoms with Crippen molar-refractivity contribution >= 4 is 5.97 Å². The van der Waals surface area contributed by atoms with E-state index in [1.54, 1.807) is 6.92 Å². The molecule has 0 saturated heterocycles. The predicted molar refractivity (Wildman–Crippen MR) is 42.3 cm³/mol. The molecule has 0 aliphatic carbocycles. The van der Waals surface area contributed by atoms with Gasteiger partial charge in [-0.25, -0.2) is 9.74 Å². The molecule has 14 heavy (non-hydrogen) atoms. The molecule has 0 fully saturated rings. The lowest BCUT2D eigenvalue weighted by atomic mass is 10.1. The molecule has 0 atom stereocenters. The van der Waals surface area contributed by atoms with Gasteiger partial charge in [0, 0.05) is 10.1 Å². The summed E-state index contributed by atoms with van der Waals surface area (Å²) in [4.78, 5) is 12.9. The van der Waals surface area contributed by atoms with Crippen LogP contribution in [0.4, 0.5) is 13.3 Å². The maximum absolute atomic E-state index is 13.0. The zero-order chi connectivity index (χ0) is 10.8. The molecule has 0 aromatic heterocycles. The zero-order valence-electron chi connectivity index (χ0n) is 7.26. The number of halogens is 3. The number of hydrogen-bond donors (Lipinski definition) is 0. The van der Waals surface area contributed by atoms with Gasteiger partial charge in [-0.15, -0.1) is 0 Å². The summed E-state index contributed by atoms with van der Waals surface area (Å²) < 4.78 is 37.3. The molecule has 0 unspecified atom stereocenters. The van der Waals surface area contributed by atoms with Crippen molar-refractivity contribution in [1.29, 1.82) is 0 Å². The Hall–Kier alpha value is -1.52. The average Bonchev–Trinajstić information content (AvgIpc) is 2.17. The molecule has 0 bridgehead atoms. The van der Waals surface area contributed by atoms with E-state index in [-0.39, 0.29) is 0 Å². The highest BCUT2D eigenvalue weighted by Gasteiger charge is 2.43. The smallest absolute Gasteiger partial charge is 0.247 e. The molecule has 0 spiro atoms. The second kappa shape index (κ2) is 3.69. The number of alkyl halides is 2. The summed E-state index contributed by atoms with van der Waals surface area (Å²) in [5.41, 5.74) is 0.170. The van der Waals surface area contributed by atoms with Crippen molar-refractivity contribution in [2.45, 2.75) is 12.8 Å². The van der Waals surface area contributed by atoms with Crippen molar-refractivity contribution in [1.82, 2.24) is 0 Å². The fourth-order valence-corrected chi connectivity index (χ4v) is 0.929. The first-order valence-electron chi connectivity index (χ1n) is 3.76. The Morgan fingerprint density at radius 1 is 1.29 bits per heavy atom. The Kier molecular flexibility index (Phi) is 2.78. The van der Waals surface area contributed by atoms with Gasteiger partial charge in [0.15, 0.2) is 0 Å². The highest BCUT2D eigenvalue weighted by atomic mass is 19.3. The van der Waals surface area contributed by atoms with E-state index in [0.717, 1.165) is 17.7 Å². The zero-order valence-corrected chi connectivity index (χ0v) is 7.26. The molecule has 0 radical (unpaired) electrons. The van der Waals surface area contributed by atoms with Crippen molar-refractivity contribution in [3.63, 3.8) is 0 Å². The van der Waals surface area contributed by atoms with Gasteiger partial charge >= 0.3 is 11.9 Å². The van der Waals surface area contributed by atoms with E-state index in [1.807, 2.05) is 0 Å². The Bertz CT molecular complexity index is 332. The standard InChI is InChI=1S/C9H7F3O2/c1-6-2-4-7(5-3-6)9(10,11)8(13)14-12/h2-5H,1H3. The summed E-state index contributed by atoms with van der Waals surface area (Å²) >= 11 is 0. The second-order valence-electron chi connectivity index (χ2n) is 2.81. The van der Waals surface area contributed by atoms with Crippen LogP contribution in [0.25, 0.3) is 0 Å². The van der Waals surface area contributed by atoms with Crippen LogP contribution in [0, 0.1) is 6.92 Å². The van der Waals surface area contributed by atoms with Gasteiger partial charge in [-0.1, -0.05) is 29.8 Å². The minimum absolute atomic E-state index is 0.592. The second-order valence-corrected chi connectivity index (χ2v) is 2.81. The van der Waals surface area contributed by atoms with Crippen LogP contribution in [0.2, 0.25) is 0 Å². The molecule has 0 heterocycles. The Morgan fingerprint density at radius 2 is 1.79 bits per heavy atom. The van der Waals surface area contributed by atoms with Gasteiger partial charge in [-0.05, 0) is 6.92 Å². The topological polar surface area (TPSA) is 26.3 Å². The molecule has 1 rings (SSSR count). The van der Waals surface area contributed by atoms with Crippen LogP contribution in [0.1, 0.15) is 11.1 Å². The number of hydrogen-bond acceptors (Lipinski definition) is 2. The molecule has 0 N–H and O–H groups in total. The average molecular weight is 204 g/mol. The van der Waals surface area contributed by atoms with Gasteiger partial charge in [0.1, 0.15) is 0 Å². The summed E-state index contributed by atoms with van der Waals surface area (Å²) in [6.07, 6.45) is 0. The molecule has 1 aromatic carbocycles. The number of benzene rings is 1. The first-order chi connectivity index (χ1) is 6.48. The molecule has 76 valence electrons. The lowest BCUT2D eigenvalue weighted by molar-refractivity contribution is -0.213. The Balaban J connectivity index is 3.03. The van der Waals surface area contributed by atoms with Gasteiger partial charge in [0.05, 0.1) is 0 Å². The van der Waals surface area contributed by atoms with Gasteiger partial charge < -0.3 is 0 Å². The molecule has 0 saturated carbocycles. The van der Waals surface area contributed by atoms with Crippen LogP contribution in [-0.2, 0) is 15.7 Å². The first kappa shape index (κ1) is 10.6. The lowest BCUT2D eigenvalue weighted by Crippen LogP contribution is -2.26. The molecule has 0 aliphatic rings. The van der Waals surface area contributed by atoms with Crippen molar-refractivity contribution < 1.29 is 23.0 Å². The quantitative estimate of drug-likeness (QED) is 0.739. The van der Waals surface area contributed by atoms with Crippen LogP contribution >= 0.6 is 0 Å². The maximum atomic E-state index is 13.0. The Morgan fingerprint density at radius 3 is 2.21 bits per heavy atom. The molecular weight excluding hydrogens is 197 g/mol. The lowest BCUT2D eigenvalue weighted by Gasteiger charge is -2.11. The largest absolute Gasteiger partial charge is 0.422 e. The molecular formula is C9H7F3O2. The van der Waals surface area contributed by atoms with Crippen molar-refractivity contribution in [2.24, 2.45) is 0 Å². The Labute approximate surface area is 78.2 Å². The fraction of sp³-hybridized carbons (Fsp3) is 0.222. The van der Waals surface area contributed by atoms with E-state index < -0.39 is 17.5 Å². The summed E-state index contributed by atoms with van der Waals surface area (Å²) in [5, 5.41) is 0. The third-order valence-corrected chi connectivity index (χ3v) is 1.74. The fourth-order valence-electron chi connectivity index (χ4n) is 0.929. The van der Waals surface area contributed by atoms with E-state index in [0.29, 0.717) is 0 Å². The third kappa shape index (κ3) is 1.86. The summed E-state index contributed by atoms with van der Waals surface area (Å²) in [7, 11) is 0. The van der Waals surface area contributed by atoms with E-state index in [4.69, 9.17) is 0 Å². The van der Waals surface area contributed by atoms with Gasteiger partial charge in [-0.3, -0.25) is 0 Å². The molecule has 1 aromatic rings. The SMILES string of the molecule is Cc1ccc(C(F)(F)C(=O)OF)cc1. The molecule has 2 nitrogen and oxygen atoms in total. The minimum Gasteiger partial charge on any atom is -0.247 e. The highest BCUT2D eigenvalue weighted by Crippen LogP contribution is 2.29. The van der Waals surface area contributed by atoms with E-state index in [9.17, 15) is 18.1 Å². The summed E-state index contributed by atoms with van der Waals surface area (Å²) in [5.74, 6) is -6.15. The normalized spacial score (nSPS) is 11.1. The number of carbonyl (C=O) groups excluding carboxylic acids is 1. The first-order valence-corrected chi connectivity index (χ1v) is 3.76. The minimum atomic E-state index is -3.94. The third-order valence-electron chi connectivity index (χ3n) is 1.74. The van der Waals surface area contributed by atoms with Crippen LogP contribution in [0.5, 0.6) is 0 Å². The number of carbonyl (C=O) groups is 1. The van der Waals surface area contributed by atoms with Gasteiger partial charge in [0.2, 0.25) is 0 Å². The highest BCUT2D eigenvalue weighted by molar-refractivity contribution is 5.78. The van der Waals surface area contributed by atoms with Gasteiger partial charge in [-0.2, -0.15) is 8.78 Å². The molecule has 0 amide bonds. The van der Waals surface area contributed by atoms with Crippen molar-refractivity contribution in [3.05, 3.63) is 35.4 Å². The van der Waals surface area contributed by atoms with Crippen LogP contribution in [-0.4, -0.2) is 5.97 Å². The van der Waals surface area contributed by atoms with Crippen LogP contribution in [0.15, 0.2) is 24.3 Å². The van der Waals surface area contributed by atoms with Crippen molar-refractivity contribution in [2.75, 3.05) is 0 Å². The van der Waals surface area contributed by atoms with E-state index >= 15 is 0 Å². The van der Waals surface area contributed by atoms with Crippen LogP contribution in [0.3, 0.4) is 0 Å². The maximum Gasteiger partial charge on any atom is 0.422 e.